The molecular formula is C18H19N3O3S. The Morgan fingerprint density at radius 2 is 2.00 bits per heavy atom. The Hall–Kier alpha value is -2.80. The molecule has 0 bridgehead atoms. The van der Waals surface area contributed by atoms with Crippen molar-refractivity contribution in [3.8, 4) is 5.75 Å². The van der Waals surface area contributed by atoms with Gasteiger partial charge in [0, 0.05) is 10.6 Å². The van der Waals surface area contributed by atoms with Crippen LogP contribution >= 0.6 is 11.3 Å². The first-order valence-electron chi connectivity index (χ1n) is 7.78. The molecule has 130 valence electrons. The molecule has 7 heteroatoms. The second-order valence-electron chi connectivity index (χ2n) is 5.69. The zero-order valence-corrected chi connectivity index (χ0v) is 15.0. The summed E-state index contributed by atoms with van der Waals surface area (Å²) < 4.78 is 5.28. The topological polar surface area (TPSA) is 79.5 Å². The van der Waals surface area contributed by atoms with Crippen LogP contribution in [0, 0.1) is 6.92 Å². The van der Waals surface area contributed by atoms with Gasteiger partial charge in [-0.05, 0) is 43.0 Å². The number of carbonyl (C=O) groups is 2. The summed E-state index contributed by atoms with van der Waals surface area (Å²) in [6.07, 6.45) is 0. The molecule has 1 atom stereocenters. The maximum Gasteiger partial charge on any atom is 0.319 e. The minimum Gasteiger partial charge on any atom is -0.495 e. The van der Waals surface area contributed by atoms with Crippen molar-refractivity contribution < 1.29 is 14.3 Å². The molecule has 3 rings (SSSR count). The van der Waals surface area contributed by atoms with E-state index in [0.29, 0.717) is 22.7 Å². The van der Waals surface area contributed by atoms with E-state index in [0.717, 1.165) is 10.4 Å². The molecule has 25 heavy (non-hydrogen) atoms. The monoisotopic (exact) mass is 357 g/mol. The van der Waals surface area contributed by atoms with Crippen molar-refractivity contribution in [3.63, 3.8) is 0 Å². The summed E-state index contributed by atoms with van der Waals surface area (Å²) >= 11 is 1.51. The molecule has 0 saturated carbocycles. The lowest BCUT2D eigenvalue weighted by Gasteiger charge is -2.28. The number of rotatable bonds is 4. The average molecular weight is 357 g/mol. The van der Waals surface area contributed by atoms with Crippen LogP contribution in [0.2, 0.25) is 0 Å². The highest BCUT2D eigenvalue weighted by Crippen LogP contribution is 2.33. The average Bonchev–Trinajstić information content (AvgIpc) is 3.00. The molecule has 1 aliphatic heterocycles. The molecule has 2 aromatic rings. The molecule has 0 aliphatic carbocycles. The number of thiophene rings is 1. The fourth-order valence-electron chi connectivity index (χ4n) is 2.81. The van der Waals surface area contributed by atoms with Gasteiger partial charge in [-0.25, -0.2) is 4.79 Å². The lowest BCUT2D eigenvalue weighted by molar-refractivity contribution is -0.113. The first-order valence-corrected chi connectivity index (χ1v) is 8.66. The van der Waals surface area contributed by atoms with Gasteiger partial charge in [0.05, 0.1) is 24.4 Å². The highest BCUT2D eigenvalue weighted by atomic mass is 32.1. The van der Waals surface area contributed by atoms with Crippen molar-refractivity contribution >= 4 is 29.0 Å². The molecule has 0 fully saturated rings. The van der Waals surface area contributed by atoms with Crippen LogP contribution in [0.1, 0.15) is 23.4 Å². The first-order chi connectivity index (χ1) is 12.0. The second kappa shape index (κ2) is 6.98. The predicted octanol–water partition coefficient (Wildman–Crippen LogP) is 3.33. The number of anilines is 1. The van der Waals surface area contributed by atoms with Crippen molar-refractivity contribution in [2.45, 2.75) is 19.9 Å². The maximum atomic E-state index is 13.0. The third kappa shape index (κ3) is 3.36. The molecule has 2 heterocycles. The van der Waals surface area contributed by atoms with Crippen LogP contribution in [0.5, 0.6) is 5.75 Å². The Kier molecular flexibility index (Phi) is 4.76. The van der Waals surface area contributed by atoms with Gasteiger partial charge in [-0.3, -0.25) is 4.79 Å². The van der Waals surface area contributed by atoms with E-state index < -0.39 is 6.04 Å². The van der Waals surface area contributed by atoms with E-state index in [1.807, 2.05) is 30.5 Å². The van der Waals surface area contributed by atoms with E-state index in [1.165, 1.54) is 11.3 Å². The molecule has 3 N–H and O–H groups in total. The van der Waals surface area contributed by atoms with Crippen molar-refractivity contribution in [2.75, 3.05) is 12.4 Å². The van der Waals surface area contributed by atoms with Gasteiger partial charge in [-0.15, -0.1) is 11.3 Å². The summed E-state index contributed by atoms with van der Waals surface area (Å²) in [4.78, 5) is 25.8. The Morgan fingerprint density at radius 3 is 2.68 bits per heavy atom. The van der Waals surface area contributed by atoms with Gasteiger partial charge in [0.25, 0.3) is 5.91 Å². The van der Waals surface area contributed by atoms with Crippen LogP contribution in [-0.2, 0) is 4.79 Å². The number of allylic oxidation sites excluding steroid dienone is 1. The first kappa shape index (κ1) is 17.0. The Labute approximate surface area is 149 Å². The number of nitrogens with one attached hydrogen (secondary N) is 3. The highest BCUT2D eigenvalue weighted by Gasteiger charge is 2.33. The summed E-state index contributed by atoms with van der Waals surface area (Å²) in [5.41, 5.74) is 2.63. The van der Waals surface area contributed by atoms with Crippen molar-refractivity contribution in [2.24, 2.45) is 0 Å². The number of benzene rings is 1. The molecule has 0 saturated heterocycles. The van der Waals surface area contributed by atoms with Crippen molar-refractivity contribution in [1.82, 2.24) is 10.6 Å². The van der Waals surface area contributed by atoms with E-state index in [9.17, 15) is 9.59 Å². The van der Waals surface area contributed by atoms with E-state index in [1.54, 1.807) is 26.2 Å². The summed E-state index contributed by atoms with van der Waals surface area (Å²) in [6.45, 7) is 3.69. The normalized spacial score (nSPS) is 16.9. The smallest absolute Gasteiger partial charge is 0.319 e. The summed E-state index contributed by atoms with van der Waals surface area (Å²) in [6, 6.07) is 8.37. The lowest BCUT2D eigenvalue weighted by Crippen LogP contribution is -2.45. The lowest BCUT2D eigenvalue weighted by atomic mass is 9.98. The summed E-state index contributed by atoms with van der Waals surface area (Å²) in [5, 5.41) is 10.4. The van der Waals surface area contributed by atoms with E-state index in [2.05, 4.69) is 16.0 Å². The molecule has 0 radical (unpaired) electrons. The fourth-order valence-corrected chi connectivity index (χ4v) is 3.79. The minimum absolute atomic E-state index is 0.285. The second-order valence-corrected chi connectivity index (χ2v) is 6.64. The quantitative estimate of drug-likeness (QED) is 0.785. The van der Waals surface area contributed by atoms with E-state index in [4.69, 9.17) is 4.74 Å². The largest absolute Gasteiger partial charge is 0.495 e. The third-order valence-electron chi connectivity index (χ3n) is 4.03. The van der Waals surface area contributed by atoms with Crippen LogP contribution in [0.15, 0.2) is 47.0 Å². The van der Waals surface area contributed by atoms with Gasteiger partial charge >= 0.3 is 6.03 Å². The Bertz CT molecular complexity index is 857. The number of aryl methyl sites for hydroxylation is 1. The fraction of sp³-hybridized carbons (Fsp3) is 0.222. The van der Waals surface area contributed by atoms with Crippen LogP contribution in [-0.4, -0.2) is 19.0 Å². The zero-order valence-electron chi connectivity index (χ0n) is 14.2. The Balaban J connectivity index is 1.96. The number of amides is 3. The number of hydrogen-bond acceptors (Lipinski definition) is 4. The van der Waals surface area contributed by atoms with Gasteiger partial charge in [0.2, 0.25) is 0 Å². The SMILES string of the molecule is COc1ccccc1NC(=O)C1=C(C)NC(=O)NC1c1sccc1C. The molecule has 0 spiro atoms. The molecule has 3 amide bonds. The number of hydrogen-bond donors (Lipinski definition) is 3. The third-order valence-corrected chi connectivity index (χ3v) is 5.12. The number of urea groups is 1. The zero-order chi connectivity index (χ0) is 18.0. The molecule has 1 aliphatic rings. The standard InChI is InChI=1S/C18H19N3O3S/c1-10-8-9-25-16(10)15-14(11(2)19-18(23)21-15)17(22)20-12-6-4-5-7-13(12)24-3/h4-9,15H,1-3H3,(H,20,22)(H2,19,21,23). The number of para-hydroxylation sites is 2. The van der Waals surface area contributed by atoms with Crippen LogP contribution in [0.25, 0.3) is 0 Å². The van der Waals surface area contributed by atoms with Gasteiger partial charge < -0.3 is 20.7 Å². The number of methoxy groups -OCH3 is 1. The highest BCUT2D eigenvalue weighted by molar-refractivity contribution is 7.10. The molecule has 1 aromatic heterocycles. The van der Waals surface area contributed by atoms with E-state index in [-0.39, 0.29) is 11.9 Å². The van der Waals surface area contributed by atoms with Crippen molar-refractivity contribution in [1.29, 1.82) is 0 Å². The van der Waals surface area contributed by atoms with Crippen molar-refractivity contribution in [3.05, 3.63) is 57.4 Å². The molecular weight excluding hydrogens is 338 g/mol. The molecule has 1 aromatic carbocycles. The van der Waals surface area contributed by atoms with Crippen LogP contribution in [0.4, 0.5) is 10.5 Å². The predicted molar refractivity (Wildman–Crippen MR) is 97.8 cm³/mol. The molecule has 6 nitrogen and oxygen atoms in total. The molecule has 1 unspecified atom stereocenters. The van der Waals surface area contributed by atoms with Gasteiger partial charge in [-0.1, -0.05) is 12.1 Å². The Morgan fingerprint density at radius 1 is 1.24 bits per heavy atom. The summed E-state index contributed by atoms with van der Waals surface area (Å²) in [7, 11) is 1.55. The number of ether oxygens (including phenoxy) is 1. The maximum absolute atomic E-state index is 13.0. The van der Waals surface area contributed by atoms with E-state index >= 15 is 0 Å². The van der Waals surface area contributed by atoms with Crippen LogP contribution < -0.4 is 20.7 Å². The van der Waals surface area contributed by atoms with Gasteiger partial charge in [0.1, 0.15) is 5.75 Å². The van der Waals surface area contributed by atoms with Gasteiger partial charge in [-0.2, -0.15) is 0 Å². The number of carbonyl (C=O) groups excluding carboxylic acids is 2. The summed E-state index contributed by atoms with van der Waals surface area (Å²) in [5.74, 6) is 0.290. The minimum atomic E-state index is -0.483. The van der Waals surface area contributed by atoms with Crippen LogP contribution in [0.3, 0.4) is 0 Å². The van der Waals surface area contributed by atoms with Gasteiger partial charge in [0.15, 0.2) is 0 Å².